The number of nitrogens with one attached hydrogen (secondary N) is 1. The third-order valence-corrected chi connectivity index (χ3v) is 3.41. The summed E-state index contributed by atoms with van der Waals surface area (Å²) in [5.41, 5.74) is 3.16. The highest BCUT2D eigenvalue weighted by Gasteiger charge is 2.08. The van der Waals surface area contributed by atoms with E-state index in [2.05, 4.69) is 21.2 Å². The Hall–Kier alpha value is -1.35. The van der Waals surface area contributed by atoms with Crippen molar-refractivity contribution in [3.63, 3.8) is 0 Å². The zero-order chi connectivity index (χ0) is 13.1. The molecule has 94 valence electrons. The first-order chi connectivity index (χ1) is 8.56. The topological polar surface area (TPSA) is 12.0 Å². The average Bonchev–Trinajstić information content (AvgIpc) is 2.34. The molecule has 0 spiro atoms. The van der Waals surface area contributed by atoms with E-state index in [9.17, 15) is 4.39 Å². The molecule has 2 aromatic rings. The Bertz CT molecular complexity index is 554. The van der Waals surface area contributed by atoms with Crippen molar-refractivity contribution in [3.05, 3.63) is 63.9 Å². The maximum absolute atomic E-state index is 13.2. The highest BCUT2D eigenvalue weighted by molar-refractivity contribution is 9.10. The number of hydrogen-bond donors (Lipinski definition) is 1. The lowest BCUT2D eigenvalue weighted by molar-refractivity contribution is 0.623. The third kappa shape index (κ3) is 3.10. The van der Waals surface area contributed by atoms with Gasteiger partial charge >= 0.3 is 0 Å². The van der Waals surface area contributed by atoms with E-state index in [1.54, 1.807) is 12.1 Å². The van der Waals surface area contributed by atoms with Crippen LogP contribution in [0.4, 0.5) is 10.1 Å². The van der Waals surface area contributed by atoms with Crippen molar-refractivity contribution in [2.24, 2.45) is 0 Å². The Kier molecular flexibility index (Phi) is 4.02. The van der Waals surface area contributed by atoms with Crippen molar-refractivity contribution in [1.82, 2.24) is 0 Å². The summed E-state index contributed by atoms with van der Waals surface area (Å²) in [6.45, 7) is 4.07. The van der Waals surface area contributed by atoms with Gasteiger partial charge in [0.15, 0.2) is 0 Å². The Morgan fingerprint density at radius 1 is 1.17 bits per heavy atom. The second-order valence-electron chi connectivity index (χ2n) is 4.38. The number of halogens is 2. The van der Waals surface area contributed by atoms with E-state index in [-0.39, 0.29) is 11.9 Å². The van der Waals surface area contributed by atoms with Gasteiger partial charge in [0, 0.05) is 16.2 Å². The van der Waals surface area contributed by atoms with Crippen molar-refractivity contribution < 1.29 is 4.39 Å². The Labute approximate surface area is 115 Å². The summed E-state index contributed by atoms with van der Waals surface area (Å²) in [7, 11) is 0. The minimum Gasteiger partial charge on any atom is -0.378 e. The van der Waals surface area contributed by atoms with Crippen molar-refractivity contribution >= 4 is 21.6 Å². The molecule has 0 saturated heterocycles. The van der Waals surface area contributed by atoms with Crippen LogP contribution in [0.3, 0.4) is 0 Å². The first kappa shape index (κ1) is 13.1. The van der Waals surface area contributed by atoms with Crippen molar-refractivity contribution in [3.8, 4) is 0 Å². The average molecular weight is 308 g/mol. The second-order valence-corrected chi connectivity index (χ2v) is 5.30. The maximum atomic E-state index is 13.2. The van der Waals surface area contributed by atoms with E-state index < -0.39 is 0 Å². The van der Waals surface area contributed by atoms with E-state index in [1.165, 1.54) is 11.6 Å². The van der Waals surface area contributed by atoms with Crippen molar-refractivity contribution in [2.75, 3.05) is 5.32 Å². The fourth-order valence-corrected chi connectivity index (χ4v) is 2.20. The molecular formula is C15H15BrFN. The SMILES string of the molecule is Cc1ccc(Br)cc1NC(C)c1cccc(F)c1. The van der Waals surface area contributed by atoms with Gasteiger partial charge in [-0.15, -0.1) is 0 Å². The zero-order valence-electron chi connectivity index (χ0n) is 10.4. The van der Waals surface area contributed by atoms with E-state index >= 15 is 0 Å². The lowest BCUT2D eigenvalue weighted by atomic mass is 10.1. The molecule has 0 heterocycles. The number of hydrogen-bond acceptors (Lipinski definition) is 1. The van der Waals surface area contributed by atoms with Gasteiger partial charge in [0.2, 0.25) is 0 Å². The molecule has 3 heteroatoms. The third-order valence-electron chi connectivity index (χ3n) is 2.92. The highest BCUT2D eigenvalue weighted by Crippen LogP contribution is 2.25. The van der Waals surface area contributed by atoms with Crippen LogP contribution in [-0.2, 0) is 0 Å². The molecule has 0 aliphatic heterocycles. The molecule has 1 atom stereocenters. The van der Waals surface area contributed by atoms with E-state index in [4.69, 9.17) is 0 Å². The van der Waals surface area contributed by atoms with Crippen LogP contribution in [0.1, 0.15) is 24.1 Å². The summed E-state index contributed by atoms with van der Waals surface area (Å²) < 4.78 is 14.2. The summed E-state index contributed by atoms with van der Waals surface area (Å²) in [4.78, 5) is 0. The van der Waals surface area contributed by atoms with Crippen LogP contribution in [0.25, 0.3) is 0 Å². The smallest absolute Gasteiger partial charge is 0.123 e. The number of benzene rings is 2. The standard InChI is InChI=1S/C15H15BrFN/c1-10-6-7-13(16)9-15(10)18-11(2)12-4-3-5-14(17)8-12/h3-9,11,18H,1-2H3. The van der Waals surface area contributed by atoms with Crippen LogP contribution in [-0.4, -0.2) is 0 Å². The van der Waals surface area contributed by atoms with E-state index in [0.717, 1.165) is 15.7 Å². The number of rotatable bonds is 3. The molecular weight excluding hydrogens is 293 g/mol. The van der Waals surface area contributed by atoms with Crippen LogP contribution in [0, 0.1) is 12.7 Å². The largest absolute Gasteiger partial charge is 0.378 e. The van der Waals surface area contributed by atoms with Crippen LogP contribution in [0.2, 0.25) is 0 Å². The number of aryl methyl sites for hydroxylation is 1. The molecule has 0 bridgehead atoms. The summed E-state index contributed by atoms with van der Waals surface area (Å²) in [5.74, 6) is -0.202. The zero-order valence-corrected chi connectivity index (χ0v) is 12.0. The van der Waals surface area contributed by atoms with Crippen LogP contribution >= 0.6 is 15.9 Å². The minimum atomic E-state index is -0.202. The van der Waals surface area contributed by atoms with Gasteiger partial charge in [0.25, 0.3) is 0 Å². The molecule has 1 unspecified atom stereocenters. The first-order valence-corrected chi connectivity index (χ1v) is 6.64. The highest BCUT2D eigenvalue weighted by atomic mass is 79.9. The van der Waals surface area contributed by atoms with Crippen molar-refractivity contribution in [2.45, 2.75) is 19.9 Å². The summed E-state index contributed by atoms with van der Waals surface area (Å²) >= 11 is 3.45. The van der Waals surface area contributed by atoms with Crippen LogP contribution in [0.15, 0.2) is 46.9 Å². The molecule has 2 aromatic carbocycles. The minimum absolute atomic E-state index is 0.0636. The monoisotopic (exact) mass is 307 g/mol. The van der Waals surface area contributed by atoms with Crippen LogP contribution < -0.4 is 5.32 Å². The number of anilines is 1. The molecule has 0 saturated carbocycles. The van der Waals surface area contributed by atoms with E-state index in [1.807, 2.05) is 38.1 Å². The van der Waals surface area contributed by atoms with Crippen molar-refractivity contribution in [1.29, 1.82) is 0 Å². The Morgan fingerprint density at radius 3 is 2.67 bits per heavy atom. The van der Waals surface area contributed by atoms with Gasteiger partial charge in [-0.25, -0.2) is 4.39 Å². The second kappa shape index (κ2) is 5.53. The molecule has 2 rings (SSSR count). The van der Waals surface area contributed by atoms with Gasteiger partial charge in [-0.2, -0.15) is 0 Å². The molecule has 18 heavy (non-hydrogen) atoms. The Morgan fingerprint density at radius 2 is 1.94 bits per heavy atom. The van der Waals surface area contributed by atoms with Gasteiger partial charge < -0.3 is 5.32 Å². The molecule has 0 radical (unpaired) electrons. The first-order valence-electron chi connectivity index (χ1n) is 5.84. The summed E-state index contributed by atoms with van der Waals surface area (Å²) in [6, 6.07) is 12.8. The molecule has 1 nitrogen and oxygen atoms in total. The summed E-state index contributed by atoms with van der Waals surface area (Å²) in [6.07, 6.45) is 0. The van der Waals surface area contributed by atoms with Crippen LogP contribution in [0.5, 0.6) is 0 Å². The normalized spacial score (nSPS) is 12.2. The van der Waals surface area contributed by atoms with E-state index in [0.29, 0.717) is 0 Å². The van der Waals surface area contributed by atoms with Gasteiger partial charge in [0.05, 0.1) is 0 Å². The molecule has 0 aliphatic carbocycles. The lowest BCUT2D eigenvalue weighted by Crippen LogP contribution is -2.07. The fourth-order valence-electron chi connectivity index (χ4n) is 1.84. The lowest BCUT2D eigenvalue weighted by Gasteiger charge is -2.17. The molecule has 0 amide bonds. The quantitative estimate of drug-likeness (QED) is 0.834. The molecule has 0 aromatic heterocycles. The molecule has 0 fully saturated rings. The predicted molar refractivity (Wildman–Crippen MR) is 77.3 cm³/mol. The molecule has 0 aliphatic rings. The van der Waals surface area contributed by atoms with Gasteiger partial charge in [0.1, 0.15) is 5.82 Å². The predicted octanol–water partition coefficient (Wildman–Crippen LogP) is 5.07. The molecule has 1 N–H and O–H groups in total. The van der Waals surface area contributed by atoms with Gasteiger partial charge in [-0.05, 0) is 49.2 Å². The van der Waals surface area contributed by atoms with Gasteiger partial charge in [-0.1, -0.05) is 34.1 Å². The maximum Gasteiger partial charge on any atom is 0.123 e. The van der Waals surface area contributed by atoms with Gasteiger partial charge in [-0.3, -0.25) is 0 Å². The fraction of sp³-hybridized carbons (Fsp3) is 0.200. The Balaban J connectivity index is 2.21. The summed E-state index contributed by atoms with van der Waals surface area (Å²) in [5, 5.41) is 3.40.